The Morgan fingerprint density at radius 1 is 0.630 bits per heavy atom. The summed E-state index contributed by atoms with van der Waals surface area (Å²) in [7, 11) is -3.86. The zero-order valence-corrected chi connectivity index (χ0v) is 27.4. The average molecular weight is 637 g/mol. The zero-order valence-electron chi connectivity index (χ0n) is 25.7. The fraction of sp³-hybridized carbons (Fsp3) is 0.128. The number of aryl methyl sites for hydroxylation is 4. The predicted octanol–water partition coefficient (Wildman–Crippen LogP) is 10.0. The van der Waals surface area contributed by atoms with E-state index in [4.69, 9.17) is 4.42 Å². The van der Waals surface area contributed by atoms with Crippen molar-refractivity contribution in [3.8, 4) is 33.4 Å². The largest absolute Gasteiger partial charge is 0.452 e. The number of hydrogen-bond acceptors (Lipinski definition) is 4. The number of sulfone groups is 1. The van der Waals surface area contributed by atoms with Crippen molar-refractivity contribution in [2.24, 2.45) is 0 Å². The highest BCUT2D eigenvalue weighted by Crippen LogP contribution is 2.59. The minimum atomic E-state index is -3.86. The lowest BCUT2D eigenvalue weighted by Crippen LogP contribution is -1.97. The molecule has 0 saturated heterocycles. The van der Waals surface area contributed by atoms with E-state index >= 15 is 0 Å². The second kappa shape index (κ2) is 8.69. The smallest absolute Gasteiger partial charge is 0.214 e. The molecule has 0 fully saturated rings. The molecular formula is C39H28N2O3S2. The third kappa shape index (κ3) is 3.21. The van der Waals surface area contributed by atoms with Crippen molar-refractivity contribution in [3.05, 3.63) is 118 Å². The molecule has 2 aliphatic rings. The van der Waals surface area contributed by atoms with Crippen LogP contribution in [0.4, 0.5) is 0 Å². The van der Waals surface area contributed by atoms with Crippen LogP contribution in [0.3, 0.4) is 0 Å². The number of benzene rings is 4. The number of nitrogens with zero attached hydrogens (tertiary/aromatic N) is 2. The molecule has 10 rings (SSSR count). The molecule has 224 valence electrons. The molecule has 1 aliphatic heterocycles. The topological polar surface area (TPSA) is 57.1 Å². The Labute approximate surface area is 269 Å². The summed E-state index contributed by atoms with van der Waals surface area (Å²) < 4.78 is 41.4. The molecular weight excluding hydrogens is 609 g/mol. The first kappa shape index (κ1) is 26.4. The molecule has 0 N–H and O–H groups in total. The van der Waals surface area contributed by atoms with E-state index in [0.717, 1.165) is 71.2 Å². The van der Waals surface area contributed by atoms with E-state index in [-0.39, 0.29) is 0 Å². The highest BCUT2D eigenvalue weighted by molar-refractivity contribution is 7.93. The van der Waals surface area contributed by atoms with Crippen LogP contribution in [-0.2, 0) is 16.3 Å². The molecule has 0 spiro atoms. The van der Waals surface area contributed by atoms with Crippen LogP contribution in [0.1, 0.15) is 33.4 Å². The summed E-state index contributed by atoms with van der Waals surface area (Å²) in [5, 5.41) is 1.95. The minimum absolute atomic E-state index is 0.311. The van der Waals surface area contributed by atoms with Gasteiger partial charge < -0.3 is 13.6 Å². The number of aromatic nitrogens is 2. The van der Waals surface area contributed by atoms with Crippen LogP contribution < -0.4 is 0 Å². The number of fused-ring (bicyclic) bond motifs is 13. The average Bonchev–Trinajstić information content (AvgIpc) is 3.82. The molecule has 8 aromatic rings. The maximum absolute atomic E-state index is 14.6. The monoisotopic (exact) mass is 636 g/mol. The zero-order chi connectivity index (χ0) is 31.2. The Bertz CT molecular complexity index is 2750. The van der Waals surface area contributed by atoms with E-state index in [1.807, 2.05) is 19.1 Å². The van der Waals surface area contributed by atoms with E-state index in [2.05, 4.69) is 103 Å². The summed E-state index contributed by atoms with van der Waals surface area (Å²) >= 11 is 1.56. The quantitative estimate of drug-likeness (QED) is 0.190. The highest BCUT2D eigenvalue weighted by atomic mass is 32.2. The van der Waals surface area contributed by atoms with Crippen LogP contribution in [-0.4, -0.2) is 17.6 Å². The van der Waals surface area contributed by atoms with Gasteiger partial charge in [-0.05, 0) is 80.8 Å². The Balaban J connectivity index is 1.27. The third-order valence-electron chi connectivity index (χ3n) is 9.79. The van der Waals surface area contributed by atoms with Crippen molar-refractivity contribution in [3.63, 3.8) is 0 Å². The first-order chi connectivity index (χ1) is 22.2. The van der Waals surface area contributed by atoms with E-state index < -0.39 is 9.84 Å². The van der Waals surface area contributed by atoms with Crippen LogP contribution in [0.2, 0.25) is 0 Å². The van der Waals surface area contributed by atoms with E-state index in [0.29, 0.717) is 21.8 Å². The van der Waals surface area contributed by atoms with Gasteiger partial charge in [-0.25, -0.2) is 8.42 Å². The van der Waals surface area contributed by atoms with Gasteiger partial charge in [0.05, 0.1) is 32.0 Å². The van der Waals surface area contributed by atoms with Gasteiger partial charge in [-0.1, -0.05) is 59.7 Å². The predicted molar refractivity (Wildman–Crippen MR) is 186 cm³/mol. The maximum atomic E-state index is 14.6. The Kier molecular flexibility index (Phi) is 4.98. The molecule has 5 heterocycles. The molecule has 0 radical (unpaired) electrons. The molecule has 0 atom stereocenters. The number of thiophene rings is 1. The van der Waals surface area contributed by atoms with E-state index in [9.17, 15) is 8.42 Å². The molecule has 46 heavy (non-hydrogen) atoms. The van der Waals surface area contributed by atoms with Crippen molar-refractivity contribution in [2.45, 2.75) is 43.9 Å². The summed E-state index contributed by atoms with van der Waals surface area (Å²) in [4.78, 5) is 1.46. The van der Waals surface area contributed by atoms with Gasteiger partial charge in [0, 0.05) is 34.1 Å². The number of hydrogen-bond donors (Lipinski definition) is 0. The van der Waals surface area contributed by atoms with Gasteiger partial charge in [0.15, 0.2) is 11.3 Å². The van der Waals surface area contributed by atoms with Gasteiger partial charge >= 0.3 is 0 Å². The molecule has 7 heteroatoms. The van der Waals surface area contributed by atoms with Gasteiger partial charge in [-0.15, -0.1) is 11.3 Å². The number of furan rings is 1. The van der Waals surface area contributed by atoms with Crippen molar-refractivity contribution >= 4 is 53.3 Å². The summed E-state index contributed by atoms with van der Waals surface area (Å²) in [6, 6.07) is 29.5. The van der Waals surface area contributed by atoms with Gasteiger partial charge in [-0.3, -0.25) is 0 Å². The summed E-state index contributed by atoms with van der Waals surface area (Å²) in [5.74, 6) is 0.780. The van der Waals surface area contributed by atoms with Gasteiger partial charge in [0.2, 0.25) is 9.84 Å². The Morgan fingerprint density at radius 3 is 1.80 bits per heavy atom. The molecule has 1 aliphatic carbocycles. The van der Waals surface area contributed by atoms with Crippen molar-refractivity contribution in [1.82, 2.24) is 9.13 Å². The van der Waals surface area contributed by atoms with Crippen LogP contribution in [0.15, 0.2) is 99.1 Å². The summed E-state index contributed by atoms with van der Waals surface area (Å²) in [6.07, 6.45) is 0.697. The Hall–Kier alpha value is -4.85. The second-order valence-electron chi connectivity index (χ2n) is 12.9. The third-order valence-corrected chi connectivity index (χ3v) is 13.0. The lowest BCUT2D eigenvalue weighted by atomic mass is 10.1. The fourth-order valence-electron chi connectivity index (χ4n) is 7.64. The van der Waals surface area contributed by atoms with Crippen molar-refractivity contribution in [1.29, 1.82) is 0 Å². The fourth-order valence-corrected chi connectivity index (χ4v) is 11.3. The first-order valence-electron chi connectivity index (χ1n) is 15.5. The molecule has 4 aromatic carbocycles. The molecule has 5 nitrogen and oxygen atoms in total. The highest BCUT2D eigenvalue weighted by Gasteiger charge is 2.45. The normalized spacial score (nSPS) is 14.3. The summed E-state index contributed by atoms with van der Waals surface area (Å²) in [6.45, 7) is 8.32. The first-order valence-corrected chi connectivity index (χ1v) is 17.8. The van der Waals surface area contributed by atoms with Crippen LogP contribution in [0.5, 0.6) is 0 Å². The molecule has 0 amide bonds. The van der Waals surface area contributed by atoms with Crippen LogP contribution >= 0.6 is 11.3 Å². The Morgan fingerprint density at radius 2 is 1.17 bits per heavy atom. The van der Waals surface area contributed by atoms with Gasteiger partial charge in [0.1, 0.15) is 9.79 Å². The second-order valence-corrected chi connectivity index (χ2v) is 15.7. The van der Waals surface area contributed by atoms with Crippen LogP contribution in [0.25, 0.3) is 65.5 Å². The van der Waals surface area contributed by atoms with Crippen molar-refractivity contribution in [2.75, 3.05) is 0 Å². The molecule has 0 saturated carbocycles. The summed E-state index contributed by atoms with van der Waals surface area (Å²) in [5.41, 5.74) is 13.2. The maximum Gasteiger partial charge on any atom is 0.214 e. The standard InChI is InChI=1S/C39H28N2O3S2/c1-20-5-11-24(12-6-20)40-30-17-22(3)9-15-26(30)28-19-29-34(32(28)40)44-35-36(29)45-37-33-38(46(42,43)39(35)37)27-16-10-23(4)18-31(27)41(33)25-13-7-21(2)8-14-25/h5-18H,19H2,1-4H3. The molecule has 0 unspecified atom stereocenters. The van der Waals surface area contributed by atoms with Crippen LogP contribution in [0, 0.1) is 27.7 Å². The van der Waals surface area contributed by atoms with Gasteiger partial charge in [-0.2, -0.15) is 0 Å². The SMILES string of the molecule is Cc1ccc(-n2c3c(c4ccc(C)cc42)Cc2c-3oc3c4c(sc23)-c2c(c3ccc(C)cc3n2-c2ccc(C)cc2)S4(=O)=O)cc1. The lowest BCUT2D eigenvalue weighted by Gasteiger charge is -2.11. The minimum Gasteiger partial charge on any atom is -0.452 e. The van der Waals surface area contributed by atoms with Gasteiger partial charge in [0.25, 0.3) is 0 Å². The van der Waals surface area contributed by atoms with E-state index in [1.54, 1.807) is 11.3 Å². The van der Waals surface area contributed by atoms with E-state index in [1.165, 1.54) is 22.1 Å². The lowest BCUT2D eigenvalue weighted by molar-refractivity contribution is 0.592. The van der Waals surface area contributed by atoms with Crippen molar-refractivity contribution < 1.29 is 12.8 Å². The molecule has 0 bridgehead atoms. The number of rotatable bonds is 2. The molecule has 4 aromatic heterocycles.